The van der Waals surface area contributed by atoms with Gasteiger partial charge in [-0.05, 0) is 36.8 Å². The molecule has 6 nitrogen and oxygen atoms in total. The van der Waals surface area contributed by atoms with Gasteiger partial charge in [0, 0.05) is 35.6 Å². The van der Waals surface area contributed by atoms with E-state index in [2.05, 4.69) is 15.6 Å². The van der Waals surface area contributed by atoms with E-state index in [-0.39, 0.29) is 11.8 Å². The van der Waals surface area contributed by atoms with Gasteiger partial charge < -0.3 is 15.2 Å². The Balaban J connectivity index is 1.85. The number of rotatable bonds is 5. The monoisotopic (exact) mass is 354 g/mol. The van der Waals surface area contributed by atoms with Crippen LogP contribution in [-0.4, -0.2) is 28.4 Å². The van der Waals surface area contributed by atoms with Crippen LogP contribution in [0.25, 0.3) is 5.13 Å². The lowest BCUT2D eigenvalue weighted by molar-refractivity contribution is 0.0961. The zero-order chi connectivity index (χ0) is 17.8. The van der Waals surface area contributed by atoms with Crippen molar-refractivity contribution in [2.24, 2.45) is 0 Å². The van der Waals surface area contributed by atoms with E-state index in [9.17, 15) is 9.59 Å². The second-order valence-electron chi connectivity index (χ2n) is 5.33. The Hall–Kier alpha value is -2.93. The number of amides is 2. The Morgan fingerprint density at radius 1 is 1.16 bits per heavy atom. The molecule has 0 saturated heterocycles. The molecule has 0 aliphatic rings. The summed E-state index contributed by atoms with van der Waals surface area (Å²) in [7, 11) is 1.57. The normalized spacial score (nSPS) is 10.5. The van der Waals surface area contributed by atoms with Crippen LogP contribution >= 0.6 is 11.3 Å². The number of carbonyl (C=O) groups is 2. The number of nitrogens with zero attached hydrogens (tertiary/aromatic N) is 2. The van der Waals surface area contributed by atoms with E-state index >= 15 is 0 Å². The van der Waals surface area contributed by atoms with Gasteiger partial charge in [0.1, 0.15) is 5.69 Å². The van der Waals surface area contributed by atoms with E-state index < -0.39 is 0 Å². The number of nitrogens with one attached hydrogen (secondary N) is 2. The van der Waals surface area contributed by atoms with Crippen LogP contribution in [0.15, 0.2) is 48.8 Å². The lowest BCUT2D eigenvalue weighted by atomic mass is 10.2. The summed E-state index contributed by atoms with van der Waals surface area (Å²) in [6.07, 6.45) is 4.51. The molecular formula is C18H18N4O2S. The maximum Gasteiger partial charge on any atom is 0.275 e. The van der Waals surface area contributed by atoms with E-state index in [0.717, 1.165) is 16.4 Å². The van der Waals surface area contributed by atoms with Crippen LogP contribution in [0, 0.1) is 0 Å². The lowest BCUT2D eigenvalue weighted by Crippen LogP contribution is -2.19. The molecule has 2 heterocycles. The average Bonchev–Trinajstić information content (AvgIpc) is 3.30. The molecule has 2 aromatic heterocycles. The summed E-state index contributed by atoms with van der Waals surface area (Å²) < 4.78 is 1.88. The van der Waals surface area contributed by atoms with Gasteiger partial charge in [-0.15, -0.1) is 11.3 Å². The maximum atomic E-state index is 12.7. The van der Waals surface area contributed by atoms with Gasteiger partial charge in [0.05, 0.1) is 0 Å². The first-order valence-corrected chi connectivity index (χ1v) is 8.70. The van der Waals surface area contributed by atoms with Crippen molar-refractivity contribution in [2.45, 2.75) is 13.3 Å². The Morgan fingerprint density at radius 2 is 1.92 bits per heavy atom. The van der Waals surface area contributed by atoms with Crippen LogP contribution in [0.5, 0.6) is 0 Å². The molecule has 0 radical (unpaired) electrons. The van der Waals surface area contributed by atoms with Crippen LogP contribution in [0.2, 0.25) is 0 Å². The van der Waals surface area contributed by atoms with Crippen molar-refractivity contribution in [1.29, 1.82) is 0 Å². The quantitative estimate of drug-likeness (QED) is 0.739. The van der Waals surface area contributed by atoms with Crippen molar-refractivity contribution in [1.82, 2.24) is 14.9 Å². The maximum absolute atomic E-state index is 12.7. The number of hydrogen-bond donors (Lipinski definition) is 2. The Labute approximate surface area is 149 Å². The molecule has 0 unspecified atom stereocenters. The van der Waals surface area contributed by atoms with Gasteiger partial charge in [-0.25, -0.2) is 4.98 Å². The zero-order valence-electron chi connectivity index (χ0n) is 13.9. The minimum absolute atomic E-state index is 0.200. The highest BCUT2D eigenvalue weighted by Crippen LogP contribution is 2.24. The fraction of sp³-hybridized carbons (Fsp3) is 0.167. The van der Waals surface area contributed by atoms with Crippen molar-refractivity contribution >= 4 is 28.8 Å². The van der Waals surface area contributed by atoms with Crippen LogP contribution in [0.3, 0.4) is 0 Å². The minimum atomic E-state index is -0.277. The number of benzene rings is 1. The minimum Gasteiger partial charge on any atom is -0.355 e. The summed E-state index contributed by atoms with van der Waals surface area (Å²) in [4.78, 5) is 29.8. The predicted molar refractivity (Wildman–Crippen MR) is 98.6 cm³/mol. The smallest absolute Gasteiger partial charge is 0.275 e. The zero-order valence-corrected chi connectivity index (χ0v) is 14.8. The summed E-state index contributed by atoms with van der Waals surface area (Å²) in [5.41, 5.74) is 1.47. The number of aromatic nitrogens is 2. The molecule has 0 aliphatic heterocycles. The van der Waals surface area contributed by atoms with Crippen molar-refractivity contribution in [2.75, 3.05) is 12.4 Å². The summed E-state index contributed by atoms with van der Waals surface area (Å²) in [5, 5.41) is 6.15. The molecule has 7 heteroatoms. The topological polar surface area (TPSA) is 76.0 Å². The molecule has 3 aromatic rings. The first-order chi connectivity index (χ1) is 12.1. The van der Waals surface area contributed by atoms with Crippen LogP contribution in [-0.2, 0) is 6.42 Å². The molecule has 0 fully saturated rings. The van der Waals surface area contributed by atoms with Gasteiger partial charge in [0.25, 0.3) is 11.8 Å². The van der Waals surface area contributed by atoms with Gasteiger partial charge in [0.2, 0.25) is 0 Å². The fourth-order valence-corrected chi connectivity index (χ4v) is 3.37. The van der Waals surface area contributed by atoms with Crippen molar-refractivity contribution in [3.63, 3.8) is 0 Å². The van der Waals surface area contributed by atoms with Gasteiger partial charge in [0.15, 0.2) is 5.13 Å². The third-order valence-electron chi connectivity index (χ3n) is 3.66. The predicted octanol–water partition coefficient (Wildman–Crippen LogP) is 3.11. The average molecular weight is 354 g/mol. The Bertz CT molecular complexity index is 900. The first-order valence-electron chi connectivity index (χ1n) is 7.89. The number of aryl methyl sites for hydroxylation is 1. The molecule has 0 atom stereocenters. The van der Waals surface area contributed by atoms with E-state index in [4.69, 9.17) is 0 Å². The SMILES string of the molecule is CCc1sc(-n2cccc2)nc1C(=O)Nc1cccc(C(=O)NC)c1. The Morgan fingerprint density at radius 3 is 2.60 bits per heavy atom. The molecule has 0 bridgehead atoms. The summed E-state index contributed by atoms with van der Waals surface area (Å²) in [5.74, 6) is -0.477. The standard InChI is InChI=1S/C18H18N4O2S/c1-3-14-15(21-18(25-14)22-9-4-5-10-22)17(24)20-13-8-6-7-12(11-13)16(23)19-2/h4-11H,3H2,1-2H3,(H,19,23)(H,20,24). The Kier molecular flexibility index (Phi) is 4.95. The van der Waals surface area contributed by atoms with E-state index in [1.807, 2.05) is 36.0 Å². The first kappa shape index (κ1) is 16.9. The van der Waals surface area contributed by atoms with Crippen molar-refractivity contribution < 1.29 is 9.59 Å². The van der Waals surface area contributed by atoms with E-state index in [1.54, 1.807) is 31.3 Å². The molecular weight excluding hydrogens is 336 g/mol. The lowest BCUT2D eigenvalue weighted by Gasteiger charge is -2.06. The molecule has 3 rings (SSSR count). The highest BCUT2D eigenvalue weighted by atomic mass is 32.1. The highest BCUT2D eigenvalue weighted by molar-refractivity contribution is 7.14. The second kappa shape index (κ2) is 7.31. The molecule has 0 spiro atoms. The molecule has 0 saturated carbocycles. The molecule has 2 amide bonds. The van der Waals surface area contributed by atoms with Gasteiger partial charge in [-0.3, -0.25) is 9.59 Å². The fourth-order valence-electron chi connectivity index (χ4n) is 2.40. The second-order valence-corrected chi connectivity index (χ2v) is 6.39. The summed E-state index contributed by atoms with van der Waals surface area (Å²) in [6.45, 7) is 2.00. The molecule has 1 aromatic carbocycles. The molecule has 128 valence electrons. The van der Waals surface area contributed by atoms with Gasteiger partial charge in [-0.2, -0.15) is 0 Å². The van der Waals surface area contributed by atoms with Crippen LogP contribution in [0.4, 0.5) is 5.69 Å². The van der Waals surface area contributed by atoms with Gasteiger partial charge >= 0.3 is 0 Å². The largest absolute Gasteiger partial charge is 0.355 e. The van der Waals surface area contributed by atoms with E-state index in [1.165, 1.54) is 11.3 Å². The van der Waals surface area contributed by atoms with E-state index in [0.29, 0.717) is 16.9 Å². The van der Waals surface area contributed by atoms with Crippen molar-refractivity contribution in [3.8, 4) is 5.13 Å². The third-order valence-corrected chi connectivity index (χ3v) is 4.87. The molecule has 0 aliphatic carbocycles. The molecule has 25 heavy (non-hydrogen) atoms. The summed E-state index contributed by atoms with van der Waals surface area (Å²) >= 11 is 1.49. The number of thiazole rings is 1. The van der Waals surface area contributed by atoms with Crippen molar-refractivity contribution in [3.05, 3.63) is 64.9 Å². The number of hydrogen-bond acceptors (Lipinski definition) is 4. The van der Waals surface area contributed by atoms with Crippen LogP contribution < -0.4 is 10.6 Å². The van der Waals surface area contributed by atoms with Crippen LogP contribution in [0.1, 0.15) is 32.6 Å². The highest BCUT2D eigenvalue weighted by Gasteiger charge is 2.18. The van der Waals surface area contributed by atoms with Gasteiger partial charge in [-0.1, -0.05) is 13.0 Å². The third kappa shape index (κ3) is 3.61. The number of carbonyl (C=O) groups excluding carboxylic acids is 2. The molecule has 2 N–H and O–H groups in total. The number of anilines is 1. The summed E-state index contributed by atoms with van der Waals surface area (Å²) in [6, 6.07) is 10.6.